The van der Waals surface area contributed by atoms with E-state index in [9.17, 15) is 0 Å². The van der Waals surface area contributed by atoms with Gasteiger partial charge in [-0.1, -0.05) is 61.7 Å². The Labute approximate surface area is 230 Å². The minimum absolute atomic E-state index is 0.00514. The highest BCUT2D eigenvalue weighted by Crippen LogP contribution is 2.38. The van der Waals surface area contributed by atoms with E-state index in [1.807, 2.05) is 7.05 Å². The molecule has 0 saturated carbocycles. The second-order valence-corrected chi connectivity index (χ2v) is 13.3. The first-order valence-electron chi connectivity index (χ1n) is 12.4. The van der Waals surface area contributed by atoms with Gasteiger partial charge in [-0.05, 0) is 30.6 Å². The molecular formula is C22H40N12S3. The normalized spacial score (nSPS) is 17.8. The number of nitrogens with two attached hydrogens (primary N) is 5. The van der Waals surface area contributed by atoms with Gasteiger partial charge < -0.3 is 34.0 Å². The van der Waals surface area contributed by atoms with E-state index < -0.39 is 0 Å². The van der Waals surface area contributed by atoms with Crippen LogP contribution >= 0.6 is 34.0 Å². The van der Waals surface area contributed by atoms with Gasteiger partial charge in [0.05, 0.1) is 0 Å². The maximum Gasteiger partial charge on any atom is 0.205 e. The third kappa shape index (κ3) is 7.74. The van der Waals surface area contributed by atoms with Gasteiger partial charge in [0.2, 0.25) is 15.4 Å². The molecule has 0 aliphatic heterocycles. The fraction of sp³-hybridized carbons (Fsp3) is 0.727. The lowest BCUT2D eigenvalue weighted by molar-refractivity contribution is 0.276. The summed E-state index contributed by atoms with van der Waals surface area (Å²) in [5.41, 5.74) is 32.1. The lowest BCUT2D eigenvalue weighted by Gasteiger charge is -2.34. The maximum absolute atomic E-state index is 6.96. The largest absolute Gasteiger partial charge is 0.374 e. The van der Waals surface area contributed by atoms with Crippen LogP contribution in [0.5, 0.6) is 0 Å². The molecule has 37 heavy (non-hydrogen) atoms. The average molecular weight is 569 g/mol. The molecule has 0 spiro atoms. The molecular weight excluding hydrogens is 529 g/mol. The van der Waals surface area contributed by atoms with Crippen molar-refractivity contribution in [3.05, 3.63) is 15.0 Å². The van der Waals surface area contributed by atoms with Crippen LogP contribution in [0.4, 0.5) is 15.4 Å². The van der Waals surface area contributed by atoms with Crippen molar-refractivity contribution in [1.29, 1.82) is 0 Å². The van der Waals surface area contributed by atoms with Crippen molar-refractivity contribution in [3.63, 3.8) is 0 Å². The van der Waals surface area contributed by atoms with Gasteiger partial charge in [-0.25, -0.2) is 0 Å². The van der Waals surface area contributed by atoms with Crippen molar-refractivity contribution in [2.24, 2.45) is 35.0 Å². The molecule has 0 amide bonds. The van der Waals surface area contributed by atoms with Crippen LogP contribution in [-0.2, 0) is 6.42 Å². The summed E-state index contributed by atoms with van der Waals surface area (Å²) in [6, 6.07) is -0.426. The standard InChI is InChI=1S/C22H40N12S3/c1-9(2)16(24)12(18-30-32-20(26)36-18)7-11(4)17(25)13(19-31-33-21(27)37-19)6-10(3)14(23)8-15-29-34-22(28-5)35-15/h9-14,16-17H,6-8,23-25H2,1-5H3,(H2,26,32)(H2,27,33)(H,28,34)/t10?,11?,12?,13?,14-,16-,17+/m1/s1. The summed E-state index contributed by atoms with van der Waals surface area (Å²) in [6.45, 7) is 8.51. The number of rotatable bonds is 14. The maximum atomic E-state index is 6.96. The Morgan fingerprint density at radius 3 is 1.70 bits per heavy atom. The highest BCUT2D eigenvalue weighted by molar-refractivity contribution is 7.15. The highest BCUT2D eigenvalue weighted by atomic mass is 32.1. The smallest absolute Gasteiger partial charge is 0.205 e. The fourth-order valence-corrected chi connectivity index (χ4v) is 6.80. The molecule has 0 radical (unpaired) electrons. The van der Waals surface area contributed by atoms with Crippen LogP contribution < -0.4 is 34.0 Å². The summed E-state index contributed by atoms with van der Waals surface area (Å²) >= 11 is 4.28. The Morgan fingerprint density at radius 1 is 0.703 bits per heavy atom. The molecule has 0 aliphatic carbocycles. The van der Waals surface area contributed by atoms with E-state index in [1.54, 1.807) is 0 Å². The minimum atomic E-state index is -0.216. The van der Waals surface area contributed by atoms with E-state index >= 15 is 0 Å². The van der Waals surface area contributed by atoms with E-state index in [-0.39, 0.29) is 47.7 Å². The minimum Gasteiger partial charge on any atom is -0.374 e. The molecule has 0 saturated heterocycles. The van der Waals surface area contributed by atoms with Gasteiger partial charge in [0.15, 0.2) is 0 Å². The van der Waals surface area contributed by atoms with Crippen LogP contribution in [0.15, 0.2) is 0 Å². The quantitative estimate of drug-likeness (QED) is 0.165. The molecule has 0 aliphatic rings. The first kappa shape index (κ1) is 29.5. The van der Waals surface area contributed by atoms with Crippen LogP contribution in [0, 0.1) is 17.8 Å². The summed E-state index contributed by atoms with van der Waals surface area (Å²) < 4.78 is 0. The number of hydrogen-bond acceptors (Lipinski definition) is 15. The van der Waals surface area contributed by atoms with E-state index in [4.69, 9.17) is 28.7 Å². The number of nitrogen functional groups attached to an aromatic ring is 2. The van der Waals surface area contributed by atoms with Gasteiger partial charge in [-0.15, -0.1) is 30.6 Å². The third-order valence-corrected chi connectivity index (χ3v) is 9.71. The number of anilines is 3. The van der Waals surface area contributed by atoms with E-state index in [2.05, 4.69) is 63.6 Å². The molecule has 12 nitrogen and oxygen atoms in total. The van der Waals surface area contributed by atoms with Crippen molar-refractivity contribution in [2.75, 3.05) is 23.8 Å². The van der Waals surface area contributed by atoms with E-state index in [0.717, 1.165) is 33.0 Å². The summed E-state index contributed by atoms with van der Waals surface area (Å²) in [5.74, 6) is 0.434. The van der Waals surface area contributed by atoms with Gasteiger partial charge in [-0.3, -0.25) is 0 Å². The van der Waals surface area contributed by atoms with E-state index in [0.29, 0.717) is 16.7 Å². The molecule has 3 rings (SSSR count). The van der Waals surface area contributed by atoms with Crippen LogP contribution in [-0.4, -0.2) is 55.8 Å². The number of nitrogens with one attached hydrogen (secondary N) is 1. The second kappa shape index (κ2) is 13.2. The predicted octanol–water partition coefficient (Wildman–Crippen LogP) is 2.25. The third-order valence-electron chi connectivity index (χ3n) is 6.98. The SMILES string of the molecule is CNc1nnc(C[C@@H](N)C(C)CC(c2nnc(N)s2)[C@@H](N)C(C)CC(c2nnc(N)s2)[C@H](N)C(C)C)s1. The number of nitrogens with zero attached hydrogens (tertiary/aromatic N) is 6. The number of aromatic nitrogens is 6. The number of hydrogen-bond donors (Lipinski definition) is 6. The van der Waals surface area contributed by atoms with Crippen molar-refractivity contribution in [3.8, 4) is 0 Å². The van der Waals surface area contributed by atoms with E-state index in [1.165, 1.54) is 34.0 Å². The lowest BCUT2D eigenvalue weighted by Crippen LogP contribution is -2.41. The van der Waals surface area contributed by atoms with Crippen LogP contribution in [0.1, 0.15) is 67.4 Å². The van der Waals surface area contributed by atoms with Gasteiger partial charge in [0.1, 0.15) is 15.0 Å². The predicted molar refractivity (Wildman–Crippen MR) is 154 cm³/mol. The van der Waals surface area contributed by atoms with Crippen molar-refractivity contribution >= 4 is 49.4 Å². The molecule has 3 heterocycles. The monoisotopic (exact) mass is 568 g/mol. The van der Waals surface area contributed by atoms with Crippen LogP contribution in [0.3, 0.4) is 0 Å². The van der Waals surface area contributed by atoms with Crippen LogP contribution in [0.25, 0.3) is 0 Å². The molecule has 0 aromatic carbocycles. The molecule has 4 unspecified atom stereocenters. The average Bonchev–Trinajstić information content (AvgIpc) is 3.61. The zero-order chi connectivity index (χ0) is 27.3. The second-order valence-electron chi connectivity index (χ2n) is 10.1. The molecule has 11 N–H and O–H groups in total. The summed E-state index contributed by atoms with van der Waals surface area (Å²) in [7, 11) is 1.83. The Hall–Kier alpha value is -2.04. The molecule has 0 bridgehead atoms. The molecule has 7 atom stereocenters. The van der Waals surface area contributed by atoms with Gasteiger partial charge in [-0.2, -0.15) is 0 Å². The zero-order valence-electron chi connectivity index (χ0n) is 22.0. The highest BCUT2D eigenvalue weighted by Gasteiger charge is 2.35. The fourth-order valence-electron chi connectivity index (χ4n) is 4.47. The molecule has 206 valence electrons. The Kier molecular flexibility index (Phi) is 10.5. The zero-order valence-corrected chi connectivity index (χ0v) is 24.5. The molecule has 3 aromatic heterocycles. The van der Waals surface area contributed by atoms with Gasteiger partial charge in [0, 0.05) is 43.4 Å². The Morgan fingerprint density at radius 2 is 1.24 bits per heavy atom. The summed E-state index contributed by atoms with van der Waals surface area (Å²) in [4.78, 5) is 0. The summed E-state index contributed by atoms with van der Waals surface area (Å²) in [6.07, 6.45) is 2.13. The van der Waals surface area contributed by atoms with Crippen LogP contribution in [0.2, 0.25) is 0 Å². The Bertz CT molecular complexity index is 1100. The topological polar surface area (TPSA) is 219 Å². The molecule has 15 heteroatoms. The lowest BCUT2D eigenvalue weighted by atomic mass is 9.77. The molecule has 0 fully saturated rings. The van der Waals surface area contributed by atoms with Gasteiger partial charge >= 0.3 is 0 Å². The van der Waals surface area contributed by atoms with Crippen molar-refractivity contribution in [2.45, 2.75) is 76.9 Å². The first-order chi connectivity index (χ1) is 17.5. The van der Waals surface area contributed by atoms with Crippen molar-refractivity contribution < 1.29 is 0 Å². The molecule has 3 aromatic rings. The van der Waals surface area contributed by atoms with Crippen molar-refractivity contribution in [1.82, 2.24) is 30.6 Å². The Balaban J connectivity index is 1.77. The van der Waals surface area contributed by atoms with Gasteiger partial charge in [0.25, 0.3) is 0 Å². The first-order valence-corrected chi connectivity index (χ1v) is 14.9. The summed E-state index contributed by atoms with van der Waals surface area (Å²) in [5, 5.41) is 32.4.